The quantitative estimate of drug-likeness (QED) is 0.741. The van der Waals surface area contributed by atoms with Crippen molar-refractivity contribution < 1.29 is 0 Å². The zero-order chi connectivity index (χ0) is 21.2. The van der Waals surface area contributed by atoms with Crippen LogP contribution in [-0.4, -0.2) is 36.1 Å². The van der Waals surface area contributed by atoms with E-state index in [-0.39, 0.29) is 5.54 Å². The van der Waals surface area contributed by atoms with Crippen molar-refractivity contribution in [3.8, 4) is 0 Å². The Bertz CT molecular complexity index is 835. The SMILES string of the molecule is Cc1ccc(C(C)(C)N[C@H]2CC[C@@H](Nc3nccc(N(C)C)n3)CC2)c(C)c1C. The minimum atomic E-state index is -0.0311. The Balaban J connectivity index is 1.58. The normalized spacial score (nSPS) is 19.8. The minimum Gasteiger partial charge on any atom is -0.363 e. The highest BCUT2D eigenvalue weighted by Crippen LogP contribution is 2.30. The predicted octanol–water partition coefficient (Wildman–Crippen LogP) is 4.72. The first-order chi connectivity index (χ1) is 13.7. The van der Waals surface area contributed by atoms with Gasteiger partial charge in [0, 0.05) is 37.9 Å². The van der Waals surface area contributed by atoms with Gasteiger partial charge in [-0.05, 0) is 88.6 Å². The van der Waals surface area contributed by atoms with Crippen LogP contribution in [-0.2, 0) is 5.54 Å². The Morgan fingerprint density at radius 3 is 2.24 bits per heavy atom. The second-order valence-corrected chi connectivity index (χ2v) is 9.28. The van der Waals surface area contributed by atoms with Crippen LogP contribution in [0.4, 0.5) is 11.8 Å². The Hall–Kier alpha value is -2.14. The lowest BCUT2D eigenvalue weighted by atomic mass is 9.84. The summed E-state index contributed by atoms with van der Waals surface area (Å²) < 4.78 is 0. The summed E-state index contributed by atoms with van der Waals surface area (Å²) in [5, 5.41) is 7.48. The van der Waals surface area contributed by atoms with Crippen LogP contribution in [0.2, 0.25) is 0 Å². The molecule has 5 heteroatoms. The molecule has 0 spiro atoms. The molecule has 1 aromatic carbocycles. The molecule has 1 aromatic heterocycles. The summed E-state index contributed by atoms with van der Waals surface area (Å²) in [4.78, 5) is 11.0. The fourth-order valence-electron chi connectivity index (χ4n) is 4.45. The Labute approximate surface area is 176 Å². The van der Waals surface area contributed by atoms with Crippen LogP contribution in [0.1, 0.15) is 61.8 Å². The van der Waals surface area contributed by atoms with Gasteiger partial charge in [-0.2, -0.15) is 4.98 Å². The summed E-state index contributed by atoms with van der Waals surface area (Å²) in [5.74, 6) is 1.67. The highest BCUT2D eigenvalue weighted by molar-refractivity contribution is 5.42. The lowest BCUT2D eigenvalue weighted by Crippen LogP contribution is -2.47. The summed E-state index contributed by atoms with van der Waals surface area (Å²) >= 11 is 0. The number of aromatic nitrogens is 2. The number of benzene rings is 1. The van der Waals surface area contributed by atoms with E-state index >= 15 is 0 Å². The average Bonchev–Trinajstić information content (AvgIpc) is 2.67. The third kappa shape index (κ3) is 5.08. The molecule has 1 saturated carbocycles. The monoisotopic (exact) mass is 395 g/mol. The molecule has 2 N–H and O–H groups in total. The molecule has 0 saturated heterocycles. The van der Waals surface area contributed by atoms with Crippen molar-refractivity contribution in [1.29, 1.82) is 0 Å². The Kier molecular flexibility index (Phi) is 6.47. The lowest BCUT2D eigenvalue weighted by Gasteiger charge is -2.37. The van der Waals surface area contributed by atoms with Crippen molar-refractivity contribution in [2.75, 3.05) is 24.3 Å². The van der Waals surface area contributed by atoms with E-state index in [0.717, 1.165) is 24.6 Å². The number of hydrogen-bond acceptors (Lipinski definition) is 5. The zero-order valence-corrected chi connectivity index (χ0v) is 19.1. The van der Waals surface area contributed by atoms with Crippen LogP contribution in [0.25, 0.3) is 0 Å². The molecule has 0 amide bonds. The van der Waals surface area contributed by atoms with Crippen molar-refractivity contribution in [2.24, 2.45) is 0 Å². The fourth-order valence-corrected chi connectivity index (χ4v) is 4.45. The molecule has 0 aliphatic heterocycles. The first kappa shape index (κ1) is 21.6. The van der Waals surface area contributed by atoms with Gasteiger partial charge in [0.1, 0.15) is 5.82 Å². The highest BCUT2D eigenvalue weighted by Gasteiger charge is 2.29. The van der Waals surface area contributed by atoms with E-state index in [1.165, 1.54) is 35.1 Å². The summed E-state index contributed by atoms with van der Waals surface area (Å²) in [6.45, 7) is 11.3. The molecule has 29 heavy (non-hydrogen) atoms. The van der Waals surface area contributed by atoms with Gasteiger partial charge in [-0.3, -0.25) is 0 Å². The number of hydrogen-bond donors (Lipinski definition) is 2. The van der Waals surface area contributed by atoms with Gasteiger partial charge in [0.2, 0.25) is 5.95 Å². The number of rotatable bonds is 6. The molecular formula is C24H37N5. The molecule has 5 nitrogen and oxygen atoms in total. The second-order valence-electron chi connectivity index (χ2n) is 9.28. The largest absolute Gasteiger partial charge is 0.363 e. The standard InChI is InChI=1S/C24H37N5/c1-16-8-13-21(18(3)17(16)2)24(4,5)28-20-11-9-19(10-12-20)26-23-25-15-14-22(27-23)29(6)7/h8,13-15,19-20,28H,9-12H2,1-7H3,(H,25,26,27)/t19-,20+. The van der Waals surface area contributed by atoms with Gasteiger partial charge < -0.3 is 15.5 Å². The zero-order valence-electron chi connectivity index (χ0n) is 19.1. The third-order valence-electron chi connectivity index (χ3n) is 6.46. The highest BCUT2D eigenvalue weighted by atomic mass is 15.2. The van der Waals surface area contributed by atoms with Crippen molar-refractivity contribution in [1.82, 2.24) is 15.3 Å². The maximum absolute atomic E-state index is 4.60. The van der Waals surface area contributed by atoms with Gasteiger partial charge in [0.15, 0.2) is 0 Å². The van der Waals surface area contributed by atoms with Crippen LogP contribution in [0.15, 0.2) is 24.4 Å². The maximum Gasteiger partial charge on any atom is 0.224 e. The van der Waals surface area contributed by atoms with E-state index in [1.807, 2.05) is 31.3 Å². The lowest BCUT2D eigenvalue weighted by molar-refractivity contribution is 0.273. The van der Waals surface area contributed by atoms with Crippen LogP contribution in [0, 0.1) is 20.8 Å². The van der Waals surface area contributed by atoms with Gasteiger partial charge in [-0.25, -0.2) is 4.98 Å². The van der Waals surface area contributed by atoms with E-state index in [4.69, 9.17) is 0 Å². The molecule has 0 unspecified atom stereocenters. The van der Waals surface area contributed by atoms with E-state index in [9.17, 15) is 0 Å². The molecule has 1 fully saturated rings. The molecule has 0 atom stereocenters. The minimum absolute atomic E-state index is 0.0311. The second kappa shape index (κ2) is 8.70. The summed E-state index contributed by atoms with van der Waals surface area (Å²) in [6, 6.07) is 7.47. The molecule has 0 radical (unpaired) electrons. The van der Waals surface area contributed by atoms with E-state index in [1.54, 1.807) is 0 Å². The molecule has 0 bridgehead atoms. The van der Waals surface area contributed by atoms with Crippen molar-refractivity contribution in [3.63, 3.8) is 0 Å². The molecule has 1 heterocycles. The van der Waals surface area contributed by atoms with Gasteiger partial charge in [0.05, 0.1) is 0 Å². The first-order valence-electron chi connectivity index (χ1n) is 10.8. The topological polar surface area (TPSA) is 53.1 Å². The van der Waals surface area contributed by atoms with Gasteiger partial charge >= 0.3 is 0 Å². The third-order valence-corrected chi connectivity index (χ3v) is 6.46. The van der Waals surface area contributed by atoms with Gasteiger partial charge in [0.25, 0.3) is 0 Å². The number of nitrogens with one attached hydrogen (secondary N) is 2. The van der Waals surface area contributed by atoms with Crippen molar-refractivity contribution in [3.05, 3.63) is 46.6 Å². The predicted molar refractivity (Wildman–Crippen MR) is 123 cm³/mol. The van der Waals surface area contributed by atoms with E-state index < -0.39 is 0 Å². The van der Waals surface area contributed by atoms with Crippen LogP contribution in [0.3, 0.4) is 0 Å². The summed E-state index contributed by atoms with van der Waals surface area (Å²) in [5.41, 5.74) is 5.57. The van der Waals surface area contributed by atoms with Crippen molar-refractivity contribution >= 4 is 11.8 Å². The molecule has 1 aliphatic rings. The number of nitrogens with zero attached hydrogens (tertiary/aromatic N) is 3. The van der Waals surface area contributed by atoms with Crippen LogP contribution < -0.4 is 15.5 Å². The van der Waals surface area contributed by atoms with Crippen LogP contribution in [0.5, 0.6) is 0 Å². The van der Waals surface area contributed by atoms with E-state index in [0.29, 0.717) is 12.1 Å². The average molecular weight is 396 g/mol. The van der Waals surface area contributed by atoms with Gasteiger partial charge in [-0.15, -0.1) is 0 Å². The Morgan fingerprint density at radius 1 is 0.931 bits per heavy atom. The van der Waals surface area contributed by atoms with Crippen molar-refractivity contribution in [2.45, 2.75) is 77.9 Å². The number of aryl methyl sites for hydroxylation is 1. The smallest absolute Gasteiger partial charge is 0.224 e. The summed E-state index contributed by atoms with van der Waals surface area (Å²) in [7, 11) is 4.00. The van der Waals surface area contributed by atoms with Gasteiger partial charge in [-0.1, -0.05) is 12.1 Å². The Morgan fingerprint density at radius 2 is 1.59 bits per heavy atom. The number of anilines is 2. The first-order valence-corrected chi connectivity index (χ1v) is 10.8. The molecular weight excluding hydrogens is 358 g/mol. The van der Waals surface area contributed by atoms with Crippen LogP contribution >= 0.6 is 0 Å². The molecule has 2 aromatic rings. The summed E-state index contributed by atoms with van der Waals surface area (Å²) in [6.07, 6.45) is 6.42. The molecule has 158 valence electrons. The molecule has 1 aliphatic carbocycles. The maximum atomic E-state index is 4.60. The molecule has 3 rings (SSSR count). The van der Waals surface area contributed by atoms with E-state index in [2.05, 4.69) is 67.4 Å². The fraction of sp³-hybridized carbons (Fsp3) is 0.583.